The first kappa shape index (κ1) is 78.9. The molecule has 0 saturated carbocycles. The fourth-order valence-corrected chi connectivity index (χ4v) is 12.8. The van der Waals surface area contributed by atoms with Gasteiger partial charge in [0.15, 0.2) is 43.5 Å². The fourth-order valence-electron chi connectivity index (χ4n) is 7.91. The summed E-state index contributed by atoms with van der Waals surface area (Å²) in [5.41, 5.74) is -9.27. The van der Waals surface area contributed by atoms with Gasteiger partial charge in [-0.3, -0.25) is 60.9 Å². The first-order valence-corrected chi connectivity index (χ1v) is 33.3. The Hall–Kier alpha value is -4.38. The van der Waals surface area contributed by atoms with E-state index in [1.54, 1.807) is 27.7 Å². The average molecular weight is 1380 g/mol. The third kappa shape index (κ3) is 21.6. The second-order valence-electron chi connectivity index (χ2n) is 18.6. The van der Waals surface area contributed by atoms with Gasteiger partial charge in [0.1, 0.15) is 49.3 Å². The highest BCUT2D eigenvalue weighted by atomic mass is 32.2. The van der Waals surface area contributed by atoms with E-state index in [0.717, 1.165) is 26.1 Å². The zero-order valence-electron chi connectivity index (χ0n) is 49.2. The van der Waals surface area contributed by atoms with Crippen molar-refractivity contribution in [1.29, 1.82) is 0 Å². The normalized spacial score (nSPS) is 24.8. The Morgan fingerprint density at radius 1 is 0.528 bits per heavy atom. The molecule has 3 saturated heterocycles. The Morgan fingerprint density at radius 2 is 0.843 bits per heavy atom. The van der Waals surface area contributed by atoms with Crippen LogP contribution < -0.4 is 33.7 Å². The summed E-state index contributed by atoms with van der Waals surface area (Å²) < 4.78 is 198. The Kier molecular flexibility index (Phi) is 31.1. The number of halogens is 6. The maximum Gasteiger partial charge on any atom is 0.523 e. The van der Waals surface area contributed by atoms with Gasteiger partial charge in [-0.1, -0.05) is 0 Å². The van der Waals surface area contributed by atoms with Gasteiger partial charge in [-0.15, -0.1) is 0 Å². The summed E-state index contributed by atoms with van der Waals surface area (Å²) in [5, 5.41) is 37.9. The molecule has 3 aliphatic heterocycles. The van der Waals surface area contributed by atoms with Crippen molar-refractivity contribution in [2.24, 2.45) is 0 Å². The Bertz CT molecular complexity index is 3360. The Balaban J connectivity index is 0.000000317. The quantitative estimate of drug-likeness (QED) is 0.0248. The van der Waals surface area contributed by atoms with E-state index >= 15 is 0 Å². The molecule has 3 fully saturated rings. The second kappa shape index (κ2) is 35.0. The van der Waals surface area contributed by atoms with Crippen molar-refractivity contribution in [3.8, 4) is 0 Å². The van der Waals surface area contributed by atoms with Crippen LogP contribution in [0.1, 0.15) is 76.9 Å². The number of hydrogen-bond acceptors (Lipinski definition) is 27. The minimum atomic E-state index is -5.80. The molecular weight excluding hydrogens is 1310 g/mol. The fraction of sp³-hybridized carbons (Fsp3) is 0.739. The topological polar surface area (TPSA) is 442 Å². The Labute approximate surface area is 502 Å². The summed E-state index contributed by atoms with van der Waals surface area (Å²) in [7, 11) is -16.8. The van der Waals surface area contributed by atoms with E-state index in [0.29, 0.717) is 0 Å². The molecule has 12 atom stereocenters. The van der Waals surface area contributed by atoms with Crippen molar-refractivity contribution in [1.82, 2.24) is 28.7 Å². The van der Waals surface area contributed by atoms with Crippen LogP contribution in [0.4, 0.5) is 26.3 Å². The Morgan fingerprint density at radius 3 is 1.18 bits per heavy atom. The SMILES string of the molecule is CCOP(=O)(COC[C@@H]1O[C@H](n2cc(C)c(=O)[nH]c2=O)[C@H](F)[C@H]1O)OCC.CCOP(=O)(COS(=O)(=O)C(F)(F)F)OCC.CCOP(=O)(CO[C@@H]1[C@@H](F)[C@@H](n2cc(C)c(=O)[nH]c2=O)O[C@H]1CO)OCC.Cc1cn([C@H]2O[C@@H](CO)[C@H](O)[C@H]2F)c(=O)[nH]c1=O. The molecule has 0 aromatic carbocycles. The number of aryl methyl sites for hydroxylation is 3. The van der Waals surface area contributed by atoms with Crippen LogP contribution in [0.5, 0.6) is 0 Å². The summed E-state index contributed by atoms with van der Waals surface area (Å²) in [5.74, 6) is 0. The lowest BCUT2D eigenvalue weighted by atomic mass is 10.1. The number of nitrogens with zero attached hydrogens (tertiary/aromatic N) is 3. The lowest BCUT2D eigenvalue weighted by molar-refractivity contribution is -0.0614. The monoisotopic (exact) mass is 1380 g/mol. The maximum atomic E-state index is 15.0. The largest absolute Gasteiger partial charge is 0.523 e. The molecule has 7 N–H and O–H groups in total. The smallest absolute Gasteiger partial charge is 0.394 e. The van der Waals surface area contributed by atoms with Crippen LogP contribution in [0.25, 0.3) is 0 Å². The van der Waals surface area contributed by atoms with E-state index in [1.807, 2.05) is 9.97 Å². The molecular formula is C46H73F6N6O27P3S. The number of rotatable bonds is 27. The molecule has 33 nitrogen and oxygen atoms in total. The van der Waals surface area contributed by atoms with Gasteiger partial charge in [-0.05, 0) is 62.3 Å². The first-order valence-electron chi connectivity index (χ1n) is 26.7. The molecule has 0 unspecified atom stereocenters. The number of nitrogens with one attached hydrogen (secondary N) is 3. The van der Waals surface area contributed by atoms with Gasteiger partial charge in [0, 0.05) is 35.3 Å². The minimum Gasteiger partial charge on any atom is -0.394 e. The predicted molar refractivity (Wildman–Crippen MR) is 295 cm³/mol. The van der Waals surface area contributed by atoms with Crippen LogP contribution in [0.3, 0.4) is 0 Å². The average Bonchev–Trinajstić information content (AvgIpc) is 1.76. The van der Waals surface area contributed by atoms with E-state index in [4.69, 9.17) is 46.9 Å². The lowest BCUT2D eigenvalue weighted by Crippen LogP contribution is -2.37. The zero-order chi connectivity index (χ0) is 67.6. The van der Waals surface area contributed by atoms with E-state index in [2.05, 4.69) is 18.2 Å². The number of aliphatic hydroxyl groups is 4. The molecule has 0 radical (unpaired) electrons. The highest BCUT2D eigenvalue weighted by molar-refractivity contribution is 7.87. The van der Waals surface area contributed by atoms with Crippen molar-refractivity contribution in [2.75, 3.05) is 78.5 Å². The van der Waals surface area contributed by atoms with E-state index in [-0.39, 0.29) is 69.3 Å². The third-order valence-electron chi connectivity index (χ3n) is 12.0. The number of H-pyrrole nitrogens is 3. The minimum absolute atomic E-state index is 0.110. The van der Waals surface area contributed by atoms with Crippen LogP contribution in [0.2, 0.25) is 0 Å². The summed E-state index contributed by atoms with van der Waals surface area (Å²) in [6.07, 6.45) is -16.3. The van der Waals surface area contributed by atoms with Gasteiger partial charge in [0.25, 0.3) is 16.7 Å². The van der Waals surface area contributed by atoms with Crippen molar-refractivity contribution in [3.05, 3.63) is 97.8 Å². The number of aromatic nitrogens is 6. The van der Waals surface area contributed by atoms with E-state index in [9.17, 15) is 92.5 Å². The number of hydrogen-bond donors (Lipinski definition) is 7. The molecule has 3 aromatic heterocycles. The number of ether oxygens (including phenoxy) is 5. The van der Waals surface area contributed by atoms with E-state index in [1.165, 1.54) is 40.8 Å². The van der Waals surface area contributed by atoms with Crippen molar-refractivity contribution >= 4 is 32.9 Å². The standard InChI is InChI=1S/2C15H24FN2O8P.C10H13FN2O5.C6H12F3O6PS/c1-4-24-27(22,25-5-2)8-23-7-10-12(19)11(16)14(26-10)18-6-9(3)13(20)17-15(18)21;1-4-24-27(22,25-5-2)8-23-12-10(7-19)26-14(11(12)16)18-6-9(3)13(20)17-15(18)21;1-4-2-13(10(17)12-8(4)16)9-6(11)7(15)5(3-14)18-9;1-3-13-16(10,14-4-2)5-15-17(11,12)6(7,8)9/h2*6,10-12,14,19H,4-5,7-8H2,1-3H3,(H,17,20,21);2,5-7,9,14-15H,3H2,1H3,(H,12,16,17);3-5H2,1-2H3/t2*10-,11+,12-,14-;5-,6+,7-,9-;/m000./s1. The van der Waals surface area contributed by atoms with Crippen LogP contribution in [0.15, 0.2) is 47.4 Å². The summed E-state index contributed by atoms with van der Waals surface area (Å²) >= 11 is 0. The van der Waals surface area contributed by atoms with Gasteiger partial charge in [-0.25, -0.2) is 27.6 Å². The van der Waals surface area contributed by atoms with Crippen LogP contribution in [-0.2, 0) is 78.8 Å². The van der Waals surface area contributed by atoms with Crippen LogP contribution in [-0.4, -0.2) is 197 Å². The third-order valence-corrected chi connectivity index (χ3v) is 18.5. The number of aromatic amines is 3. The molecule has 0 aliphatic carbocycles. The van der Waals surface area contributed by atoms with Gasteiger partial charge >= 0.3 is 55.5 Å². The lowest BCUT2D eigenvalue weighted by Gasteiger charge is -2.22. The highest BCUT2D eigenvalue weighted by Gasteiger charge is 2.51. The molecule has 89 heavy (non-hydrogen) atoms. The molecule has 3 aromatic rings. The summed E-state index contributed by atoms with van der Waals surface area (Å²) in [6.45, 7) is 12.6. The van der Waals surface area contributed by atoms with Gasteiger partial charge in [0.2, 0.25) is 0 Å². The van der Waals surface area contributed by atoms with Crippen molar-refractivity contribution in [2.45, 2.75) is 142 Å². The zero-order valence-corrected chi connectivity index (χ0v) is 52.7. The van der Waals surface area contributed by atoms with Crippen molar-refractivity contribution < 1.29 is 124 Å². The number of aliphatic hydroxyl groups excluding tert-OH is 4. The molecule has 43 heteroatoms. The van der Waals surface area contributed by atoms with Gasteiger partial charge in [-0.2, -0.15) is 21.6 Å². The van der Waals surface area contributed by atoms with Crippen LogP contribution >= 0.6 is 22.8 Å². The van der Waals surface area contributed by atoms with Gasteiger partial charge < -0.3 is 71.3 Å². The van der Waals surface area contributed by atoms with Crippen LogP contribution in [0, 0.1) is 20.8 Å². The molecule has 0 amide bonds. The highest BCUT2D eigenvalue weighted by Crippen LogP contribution is 2.51. The summed E-state index contributed by atoms with van der Waals surface area (Å²) in [6, 6.07) is 0. The van der Waals surface area contributed by atoms with Crippen molar-refractivity contribution in [3.63, 3.8) is 0 Å². The summed E-state index contributed by atoms with van der Waals surface area (Å²) in [4.78, 5) is 75.7. The molecule has 6 heterocycles. The molecule has 0 bridgehead atoms. The molecule has 512 valence electrons. The maximum absolute atomic E-state index is 15.0. The van der Waals surface area contributed by atoms with Gasteiger partial charge in [0.05, 0.1) is 59.5 Å². The molecule has 6 rings (SSSR count). The van der Waals surface area contributed by atoms with E-state index < -0.39 is 172 Å². The predicted octanol–water partition coefficient (Wildman–Crippen LogP) is 1.87. The number of alkyl halides is 6. The molecule has 3 aliphatic rings. The molecule has 0 spiro atoms. The first-order chi connectivity index (χ1) is 41.5. The second-order valence-corrected chi connectivity index (χ2v) is 26.2.